The Morgan fingerprint density at radius 3 is 2.56 bits per heavy atom. The third-order valence-electron chi connectivity index (χ3n) is 2.51. The fourth-order valence-electron chi connectivity index (χ4n) is 1.69. The van der Waals surface area contributed by atoms with E-state index in [-0.39, 0.29) is 11.9 Å². The van der Waals surface area contributed by atoms with E-state index < -0.39 is 0 Å². The summed E-state index contributed by atoms with van der Waals surface area (Å²) < 4.78 is 15.8. The van der Waals surface area contributed by atoms with E-state index in [0.717, 1.165) is 19.4 Å². The van der Waals surface area contributed by atoms with Crippen LogP contribution >= 0.6 is 54.8 Å². The summed E-state index contributed by atoms with van der Waals surface area (Å²) >= 11 is 14.3. The predicted octanol–water partition coefficient (Wildman–Crippen LogP) is 5.37. The first kappa shape index (κ1) is 14.5. The molecule has 0 aliphatic rings. The normalized spacial score (nSPS) is 12.7. The maximum atomic E-state index is 13.4. The molecule has 1 nitrogen and oxygen atoms in total. The van der Waals surface area contributed by atoms with Crippen molar-refractivity contribution in [2.24, 2.45) is 0 Å². The smallest absolute Gasteiger partial charge is 0.123 e. The molecule has 1 aromatic carbocycles. The van der Waals surface area contributed by atoms with E-state index >= 15 is 0 Å². The van der Waals surface area contributed by atoms with Crippen LogP contribution in [0.4, 0.5) is 4.39 Å². The van der Waals surface area contributed by atoms with E-state index in [0.29, 0.717) is 4.34 Å². The Labute approximate surface area is 131 Å². The van der Waals surface area contributed by atoms with Crippen LogP contribution in [0.3, 0.4) is 0 Å². The Balaban J connectivity index is 2.48. The van der Waals surface area contributed by atoms with Gasteiger partial charge in [-0.2, -0.15) is 0 Å². The maximum Gasteiger partial charge on any atom is 0.123 e. The number of benzene rings is 1. The molecule has 1 atom stereocenters. The quantitative estimate of drug-likeness (QED) is 0.713. The van der Waals surface area contributed by atoms with Crippen molar-refractivity contribution in [3.63, 3.8) is 0 Å². The van der Waals surface area contributed by atoms with Gasteiger partial charge in [0.15, 0.2) is 0 Å². The summed E-state index contributed by atoms with van der Waals surface area (Å²) in [5, 5.41) is 3.18. The molecule has 0 amide bonds. The van der Waals surface area contributed by atoms with Gasteiger partial charge in [-0.1, -0.05) is 27.5 Å². The number of halogens is 4. The van der Waals surface area contributed by atoms with Crippen LogP contribution < -0.4 is 5.32 Å². The van der Waals surface area contributed by atoms with Gasteiger partial charge >= 0.3 is 0 Å². The van der Waals surface area contributed by atoms with Crippen molar-refractivity contribution < 1.29 is 4.39 Å². The summed E-state index contributed by atoms with van der Waals surface area (Å²) in [4.78, 5) is 1.03. The van der Waals surface area contributed by atoms with Crippen LogP contribution in [0.1, 0.15) is 16.5 Å². The van der Waals surface area contributed by atoms with Gasteiger partial charge in [-0.3, -0.25) is 0 Å². The Hall–Kier alpha value is 0.0600. The second kappa shape index (κ2) is 6.01. The lowest BCUT2D eigenvalue weighted by Gasteiger charge is -2.16. The topological polar surface area (TPSA) is 12.0 Å². The molecule has 6 heteroatoms. The minimum atomic E-state index is -0.254. The van der Waals surface area contributed by atoms with Gasteiger partial charge < -0.3 is 5.32 Å². The molecule has 0 radical (unpaired) electrons. The van der Waals surface area contributed by atoms with Crippen LogP contribution in [0.25, 0.3) is 0 Å². The molecule has 1 aromatic heterocycles. The van der Waals surface area contributed by atoms with Crippen LogP contribution in [0, 0.1) is 5.82 Å². The average Bonchev–Trinajstić information content (AvgIpc) is 2.65. The highest BCUT2D eigenvalue weighted by molar-refractivity contribution is 9.10. The maximum absolute atomic E-state index is 13.4. The van der Waals surface area contributed by atoms with E-state index in [1.807, 2.05) is 13.1 Å². The minimum absolute atomic E-state index is 0.0936. The lowest BCUT2D eigenvalue weighted by Crippen LogP contribution is -2.17. The summed E-state index contributed by atoms with van der Waals surface area (Å²) in [6.45, 7) is 0. The second-order valence-corrected chi connectivity index (χ2v) is 7.05. The first-order valence-corrected chi connectivity index (χ1v) is 7.88. The highest BCUT2D eigenvalue weighted by Crippen LogP contribution is 2.38. The Morgan fingerprint density at radius 2 is 2.00 bits per heavy atom. The van der Waals surface area contributed by atoms with Crippen molar-refractivity contribution in [2.45, 2.75) is 6.04 Å². The highest BCUT2D eigenvalue weighted by atomic mass is 79.9. The molecule has 2 aromatic rings. The molecule has 1 unspecified atom stereocenters. The van der Waals surface area contributed by atoms with Crippen LogP contribution in [0.2, 0.25) is 4.34 Å². The summed E-state index contributed by atoms with van der Waals surface area (Å²) in [6, 6.07) is 6.51. The molecule has 0 aliphatic carbocycles. The molecule has 1 N–H and O–H groups in total. The number of thiophene rings is 1. The van der Waals surface area contributed by atoms with Crippen molar-refractivity contribution >= 4 is 54.8 Å². The van der Waals surface area contributed by atoms with Crippen molar-refractivity contribution in [1.29, 1.82) is 0 Å². The number of rotatable bonds is 3. The van der Waals surface area contributed by atoms with Gasteiger partial charge in [0.1, 0.15) is 10.2 Å². The van der Waals surface area contributed by atoms with Gasteiger partial charge in [0.05, 0.1) is 6.04 Å². The fourth-order valence-corrected chi connectivity index (χ4v) is 4.03. The molecule has 1 heterocycles. The fraction of sp³-hybridized carbons (Fsp3) is 0.167. The monoisotopic (exact) mass is 411 g/mol. The summed E-state index contributed by atoms with van der Waals surface area (Å²) in [6.07, 6.45) is 0. The molecule has 0 spiro atoms. The van der Waals surface area contributed by atoms with Crippen LogP contribution in [0.5, 0.6) is 0 Å². The molecule has 0 saturated carbocycles. The summed E-state index contributed by atoms with van der Waals surface area (Å²) in [7, 11) is 1.84. The zero-order chi connectivity index (χ0) is 13.3. The minimum Gasteiger partial charge on any atom is -0.309 e. The summed E-state index contributed by atoms with van der Waals surface area (Å²) in [5.41, 5.74) is 0.850. The lowest BCUT2D eigenvalue weighted by atomic mass is 10.1. The van der Waals surface area contributed by atoms with Crippen LogP contribution in [0.15, 0.2) is 33.2 Å². The van der Waals surface area contributed by atoms with Gasteiger partial charge in [0, 0.05) is 13.8 Å². The van der Waals surface area contributed by atoms with Crippen molar-refractivity contribution in [3.05, 3.63) is 53.8 Å². The SMILES string of the molecule is CNC(c1cc(Br)c(Cl)s1)c1cc(F)ccc1Br. The number of hydrogen-bond donors (Lipinski definition) is 1. The molecular formula is C12H9Br2ClFNS. The third kappa shape index (κ3) is 2.96. The molecule has 0 fully saturated rings. The Kier molecular flexibility index (Phi) is 4.83. The van der Waals surface area contributed by atoms with E-state index in [4.69, 9.17) is 11.6 Å². The largest absolute Gasteiger partial charge is 0.309 e. The zero-order valence-corrected chi connectivity index (χ0v) is 14.1. The van der Waals surface area contributed by atoms with Crippen LogP contribution in [-0.4, -0.2) is 7.05 Å². The standard InChI is InChI=1S/C12H9Br2ClFNS/c1-17-11(10-5-9(14)12(15)18-10)7-4-6(16)2-3-8(7)13/h2-5,11,17H,1H3. The van der Waals surface area contributed by atoms with Crippen molar-refractivity contribution in [1.82, 2.24) is 5.32 Å². The van der Waals surface area contributed by atoms with E-state index in [9.17, 15) is 4.39 Å². The van der Waals surface area contributed by atoms with E-state index in [1.165, 1.54) is 23.5 Å². The Morgan fingerprint density at radius 1 is 1.28 bits per heavy atom. The first-order valence-electron chi connectivity index (χ1n) is 5.10. The predicted molar refractivity (Wildman–Crippen MR) is 82.0 cm³/mol. The molecule has 0 saturated heterocycles. The van der Waals surface area contributed by atoms with Crippen molar-refractivity contribution in [3.8, 4) is 0 Å². The van der Waals surface area contributed by atoms with Gasteiger partial charge in [-0.25, -0.2) is 4.39 Å². The van der Waals surface area contributed by atoms with Gasteiger partial charge in [-0.05, 0) is 52.8 Å². The van der Waals surface area contributed by atoms with Gasteiger partial charge in [0.2, 0.25) is 0 Å². The van der Waals surface area contributed by atoms with Crippen LogP contribution in [-0.2, 0) is 0 Å². The highest BCUT2D eigenvalue weighted by Gasteiger charge is 2.19. The lowest BCUT2D eigenvalue weighted by molar-refractivity contribution is 0.617. The first-order chi connectivity index (χ1) is 8.52. The second-order valence-electron chi connectivity index (χ2n) is 3.66. The molecule has 0 bridgehead atoms. The molecule has 2 rings (SSSR count). The van der Waals surface area contributed by atoms with Gasteiger partial charge in [-0.15, -0.1) is 11.3 Å². The average molecular weight is 414 g/mol. The molecule has 0 aliphatic heterocycles. The number of nitrogens with one attached hydrogen (secondary N) is 1. The third-order valence-corrected chi connectivity index (χ3v) is 5.77. The molecular weight excluding hydrogens is 404 g/mol. The van der Waals surface area contributed by atoms with Gasteiger partial charge in [0.25, 0.3) is 0 Å². The number of hydrogen-bond acceptors (Lipinski definition) is 2. The molecule has 96 valence electrons. The summed E-state index contributed by atoms with van der Waals surface area (Å²) in [5.74, 6) is -0.254. The molecule has 18 heavy (non-hydrogen) atoms. The van der Waals surface area contributed by atoms with E-state index in [1.54, 1.807) is 6.07 Å². The zero-order valence-electron chi connectivity index (χ0n) is 9.31. The van der Waals surface area contributed by atoms with Crippen molar-refractivity contribution in [2.75, 3.05) is 7.05 Å². The van der Waals surface area contributed by atoms with E-state index in [2.05, 4.69) is 37.2 Å². The Bertz CT molecular complexity index is 554.